The molecule has 102 valence electrons. The molecule has 0 aliphatic carbocycles. The summed E-state index contributed by atoms with van der Waals surface area (Å²) in [5, 5.41) is 16.7. The van der Waals surface area contributed by atoms with E-state index in [9.17, 15) is 4.79 Å². The van der Waals surface area contributed by atoms with Gasteiger partial charge < -0.3 is 4.74 Å². The number of nitriles is 1. The summed E-state index contributed by atoms with van der Waals surface area (Å²) in [6.07, 6.45) is 1.10. The topological polar surface area (TPSA) is 80.8 Å². The minimum absolute atomic E-state index is 0.0785. The number of carbonyl (C=O) groups excluding carboxylic acids is 1. The van der Waals surface area contributed by atoms with Gasteiger partial charge in [-0.2, -0.15) is 5.26 Å². The van der Waals surface area contributed by atoms with Gasteiger partial charge in [0, 0.05) is 5.02 Å². The number of hydrogen-bond acceptors (Lipinski definition) is 5. The van der Waals surface area contributed by atoms with Crippen LogP contribution in [0.15, 0.2) is 30.5 Å². The fourth-order valence-electron chi connectivity index (χ4n) is 1.52. The second-order valence-electron chi connectivity index (χ2n) is 4.11. The third-order valence-corrected chi connectivity index (χ3v) is 2.70. The van der Waals surface area contributed by atoms with E-state index in [1.54, 1.807) is 31.2 Å². The van der Waals surface area contributed by atoms with Gasteiger partial charge in [0.05, 0.1) is 24.4 Å². The molecule has 1 aromatic heterocycles. The van der Waals surface area contributed by atoms with Crippen molar-refractivity contribution in [3.8, 4) is 11.8 Å². The van der Waals surface area contributed by atoms with Gasteiger partial charge in [-0.25, -0.2) is 9.48 Å². The van der Waals surface area contributed by atoms with E-state index < -0.39 is 12.1 Å². The number of benzene rings is 1. The highest BCUT2D eigenvalue weighted by molar-refractivity contribution is 6.30. The Hall–Kier alpha value is -2.39. The Balaban J connectivity index is 2.13. The first-order chi connectivity index (χ1) is 9.60. The highest BCUT2D eigenvalue weighted by Gasteiger charge is 2.16. The van der Waals surface area contributed by atoms with Crippen molar-refractivity contribution in [2.75, 3.05) is 0 Å². The van der Waals surface area contributed by atoms with Gasteiger partial charge >= 0.3 is 5.97 Å². The molecule has 20 heavy (non-hydrogen) atoms. The highest BCUT2D eigenvalue weighted by atomic mass is 35.5. The summed E-state index contributed by atoms with van der Waals surface area (Å²) in [4.78, 5) is 11.8. The monoisotopic (exact) mass is 290 g/mol. The molecule has 0 bridgehead atoms. The lowest BCUT2D eigenvalue weighted by molar-refractivity contribution is 0.0344. The summed E-state index contributed by atoms with van der Waals surface area (Å²) >= 11 is 5.88. The van der Waals surface area contributed by atoms with E-state index >= 15 is 0 Å². The van der Waals surface area contributed by atoms with Crippen LogP contribution in [0.4, 0.5) is 0 Å². The van der Waals surface area contributed by atoms with Crippen LogP contribution in [0.25, 0.3) is 5.69 Å². The Morgan fingerprint density at radius 2 is 2.40 bits per heavy atom. The van der Waals surface area contributed by atoms with Crippen LogP contribution >= 0.6 is 11.6 Å². The number of esters is 1. The van der Waals surface area contributed by atoms with Gasteiger partial charge in [0.2, 0.25) is 0 Å². The summed E-state index contributed by atoms with van der Waals surface area (Å²) in [6, 6.07) is 8.92. The molecule has 0 spiro atoms. The standard InChI is InChI=1S/C13H11ClN4O2/c1-9(5-6-15)20-13(19)12-8-18(17-16-12)11-4-2-3-10(14)7-11/h2-4,7-9H,5H2,1H3. The molecular weight excluding hydrogens is 280 g/mol. The van der Waals surface area contributed by atoms with Crippen LogP contribution in [0.1, 0.15) is 23.8 Å². The van der Waals surface area contributed by atoms with E-state index in [2.05, 4.69) is 10.3 Å². The molecule has 1 aromatic carbocycles. The largest absolute Gasteiger partial charge is 0.457 e. The first kappa shape index (κ1) is 14.0. The third kappa shape index (κ3) is 3.33. The molecule has 1 unspecified atom stereocenters. The number of nitrogens with zero attached hydrogens (tertiary/aromatic N) is 4. The van der Waals surface area contributed by atoms with Crippen molar-refractivity contribution in [3.63, 3.8) is 0 Å². The summed E-state index contributed by atoms with van der Waals surface area (Å²) < 4.78 is 6.47. The van der Waals surface area contributed by atoms with E-state index in [1.165, 1.54) is 10.9 Å². The molecule has 6 nitrogen and oxygen atoms in total. The van der Waals surface area contributed by atoms with Crippen LogP contribution < -0.4 is 0 Å². The second-order valence-corrected chi connectivity index (χ2v) is 4.54. The molecule has 0 fully saturated rings. The maximum absolute atomic E-state index is 11.8. The zero-order chi connectivity index (χ0) is 14.5. The summed E-state index contributed by atoms with van der Waals surface area (Å²) in [5.41, 5.74) is 0.767. The van der Waals surface area contributed by atoms with Crippen LogP contribution in [0.2, 0.25) is 5.02 Å². The number of ether oxygens (including phenoxy) is 1. The van der Waals surface area contributed by atoms with E-state index in [4.69, 9.17) is 21.6 Å². The van der Waals surface area contributed by atoms with E-state index in [1.807, 2.05) is 6.07 Å². The van der Waals surface area contributed by atoms with E-state index in [-0.39, 0.29) is 12.1 Å². The van der Waals surface area contributed by atoms with Gasteiger partial charge in [0.1, 0.15) is 6.10 Å². The SMILES string of the molecule is CC(CC#N)OC(=O)c1cn(-c2cccc(Cl)c2)nn1. The molecule has 1 heterocycles. The first-order valence-electron chi connectivity index (χ1n) is 5.86. The summed E-state index contributed by atoms with van der Waals surface area (Å²) in [7, 11) is 0. The molecule has 0 amide bonds. The Labute approximate surface area is 120 Å². The maximum atomic E-state index is 11.8. The predicted octanol–water partition coefficient (Wildman–Crippen LogP) is 2.38. The van der Waals surface area contributed by atoms with Gasteiger partial charge in [-0.05, 0) is 25.1 Å². The lowest BCUT2D eigenvalue weighted by Crippen LogP contribution is -2.14. The van der Waals surface area contributed by atoms with Crippen LogP contribution in [0, 0.1) is 11.3 Å². The third-order valence-electron chi connectivity index (χ3n) is 2.46. The summed E-state index contributed by atoms with van der Waals surface area (Å²) in [6.45, 7) is 1.64. The van der Waals surface area contributed by atoms with Gasteiger partial charge in [0.25, 0.3) is 0 Å². The Bertz CT molecular complexity index is 662. The molecule has 0 radical (unpaired) electrons. The van der Waals surface area contributed by atoms with Gasteiger partial charge in [0.15, 0.2) is 5.69 Å². The normalized spacial score (nSPS) is 11.7. The molecular formula is C13H11ClN4O2. The summed E-state index contributed by atoms with van der Waals surface area (Å²) in [5.74, 6) is -0.610. The van der Waals surface area contributed by atoms with Crippen LogP contribution in [0.3, 0.4) is 0 Å². The lowest BCUT2D eigenvalue weighted by atomic mass is 10.3. The van der Waals surface area contributed by atoms with Crippen molar-refractivity contribution in [3.05, 3.63) is 41.2 Å². The van der Waals surface area contributed by atoms with E-state index in [0.29, 0.717) is 10.7 Å². The molecule has 7 heteroatoms. The molecule has 1 atom stereocenters. The number of carbonyl (C=O) groups is 1. The molecule has 0 saturated carbocycles. The fraction of sp³-hybridized carbons (Fsp3) is 0.231. The van der Waals surface area contributed by atoms with Crippen molar-refractivity contribution in [1.29, 1.82) is 5.26 Å². The van der Waals surface area contributed by atoms with Crippen molar-refractivity contribution in [1.82, 2.24) is 15.0 Å². The average molecular weight is 291 g/mol. The van der Waals surface area contributed by atoms with Gasteiger partial charge in [-0.3, -0.25) is 0 Å². The number of hydrogen-bond donors (Lipinski definition) is 0. The van der Waals surface area contributed by atoms with E-state index in [0.717, 1.165) is 0 Å². The predicted molar refractivity (Wildman–Crippen MR) is 71.5 cm³/mol. The maximum Gasteiger partial charge on any atom is 0.360 e. The van der Waals surface area contributed by atoms with Crippen LogP contribution in [-0.2, 0) is 4.74 Å². The molecule has 0 aliphatic rings. The quantitative estimate of drug-likeness (QED) is 0.808. The van der Waals surface area contributed by atoms with Gasteiger partial charge in [-0.15, -0.1) is 5.10 Å². The zero-order valence-electron chi connectivity index (χ0n) is 10.7. The van der Waals surface area contributed by atoms with Crippen molar-refractivity contribution in [2.45, 2.75) is 19.4 Å². The lowest BCUT2D eigenvalue weighted by Gasteiger charge is -2.07. The molecule has 0 aliphatic heterocycles. The van der Waals surface area contributed by atoms with Crippen molar-refractivity contribution >= 4 is 17.6 Å². The van der Waals surface area contributed by atoms with Crippen LogP contribution in [-0.4, -0.2) is 27.1 Å². The molecule has 2 aromatic rings. The first-order valence-corrected chi connectivity index (χ1v) is 6.24. The Kier molecular flexibility index (Phi) is 4.33. The van der Waals surface area contributed by atoms with Crippen molar-refractivity contribution in [2.24, 2.45) is 0 Å². The molecule has 0 N–H and O–H groups in total. The molecule has 0 saturated heterocycles. The Morgan fingerprint density at radius 3 is 3.10 bits per heavy atom. The fourth-order valence-corrected chi connectivity index (χ4v) is 1.70. The molecule has 2 rings (SSSR count). The van der Waals surface area contributed by atoms with Crippen molar-refractivity contribution < 1.29 is 9.53 Å². The highest BCUT2D eigenvalue weighted by Crippen LogP contribution is 2.14. The smallest absolute Gasteiger partial charge is 0.360 e. The number of rotatable bonds is 4. The minimum atomic E-state index is -0.610. The minimum Gasteiger partial charge on any atom is -0.457 e. The number of halogens is 1. The number of aromatic nitrogens is 3. The Morgan fingerprint density at radius 1 is 1.60 bits per heavy atom. The average Bonchev–Trinajstić information content (AvgIpc) is 2.88. The second kappa shape index (κ2) is 6.17. The van der Waals surface area contributed by atoms with Crippen LogP contribution in [0.5, 0.6) is 0 Å². The zero-order valence-corrected chi connectivity index (χ0v) is 11.4. The van der Waals surface area contributed by atoms with Gasteiger partial charge in [-0.1, -0.05) is 22.9 Å².